The fourth-order valence-corrected chi connectivity index (χ4v) is 3.14. The standard InChI is InChI=1S/C22H28BrNO3/c1-4-6-13-27-20-11-7-17(15-21(20)26-5-2)8-12-22(25)24-19-10-9-18(23)14-16(19)3/h7,9-11,14-15H,4-6,8,12-13H2,1-3H3,(H,24,25). The first-order valence-corrected chi connectivity index (χ1v) is 10.3. The Morgan fingerprint density at radius 2 is 1.89 bits per heavy atom. The molecule has 146 valence electrons. The number of amides is 1. The van der Waals surface area contributed by atoms with Gasteiger partial charge in [0, 0.05) is 16.6 Å². The molecule has 0 saturated heterocycles. The van der Waals surface area contributed by atoms with E-state index in [9.17, 15) is 4.79 Å². The minimum atomic E-state index is 0.00153. The number of hydrogen-bond acceptors (Lipinski definition) is 3. The monoisotopic (exact) mass is 433 g/mol. The Morgan fingerprint density at radius 1 is 1.07 bits per heavy atom. The highest BCUT2D eigenvalue weighted by Gasteiger charge is 2.09. The molecular weight excluding hydrogens is 406 g/mol. The summed E-state index contributed by atoms with van der Waals surface area (Å²) in [6, 6.07) is 11.7. The van der Waals surface area contributed by atoms with Crippen LogP contribution in [0.3, 0.4) is 0 Å². The number of benzene rings is 2. The van der Waals surface area contributed by atoms with E-state index in [0.29, 0.717) is 26.1 Å². The highest BCUT2D eigenvalue weighted by molar-refractivity contribution is 9.10. The number of rotatable bonds is 10. The van der Waals surface area contributed by atoms with Crippen LogP contribution in [-0.4, -0.2) is 19.1 Å². The summed E-state index contributed by atoms with van der Waals surface area (Å²) in [6.45, 7) is 7.33. The van der Waals surface area contributed by atoms with Crippen LogP contribution in [-0.2, 0) is 11.2 Å². The van der Waals surface area contributed by atoms with Gasteiger partial charge in [-0.05, 0) is 68.1 Å². The Kier molecular flexibility index (Phi) is 8.65. The molecule has 0 aliphatic heterocycles. The van der Waals surface area contributed by atoms with Gasteiger partial charge >= 0.3 is 0 Å². The van der Waals surface area contributed by atoms with Crippen LogP contribution in [0.2, 0.25) is 0 Å². The van der Waals surface area contributed by atoms with Crippen LogP contribution in [0.1, 0.15) is 44.2 Å². The molecule has 0 unspecified atom stereocenters. The van der Waals surface area contributed by atoms with Crippen LogP contribution in [0.25, 0.3) is 0 Å². The Labute approximate surface area is 170 Å². The molecule has 1 N–H and O–H groups in total. The van der Waals surface area contributed by atoms with Crippen molar-refractivity contribution in [3.63, 3.8) is 0 Å². The zero-order chi connectivity index (χ0) is 19.6. The summed E-state index contributed by atoms with van der Waals surface area (Å²) in [5.41, 5.74) is 2.94. The number of carbonyl (C=O) groups is 1. The van der Waals surface area contributed by atoms with E-state index in [1.807, 2.05) is 50.2 Å². The summed E-state index contributed by atoms with van der Waals surface area (Å²) < 4.78 is 12.5. The maximum atomic E-state index is 12.3. The molecule has 0 saturated carbocycles. The molecule has 0 atom stereocenters. The smallest absolute Gasteiger partial charge is 0.224 e. The number of ether oxygens (including phenoxy) is 2. The summed E-state index contributed by atoms with van der Waals surface area (Å²) in [6.07, 6.45) is 3.17. The number of anilines is 1. The summed E-state index contributed by atoms with van der Waals surface area (Å²) in [7, 11) is 0. The Morgan fingerprint density at radius 3 is 2.59 bits per heavy atom. The van der Waals surface area contributed by atoms with Gasteiger partial charge in [0.2, 0.25) is 5.91 Å². The molecule has 2 rings (SSSR count). The van der Waals surface area contributed by atoms with E-state index >= 15 is 0 Å². The lowest BCUT2D eigenvalue weighted by Crippen LogP contribution is -2.13. The summed E-state index contributed by atoms with van der Waals surface area (Å²) >= 11 is 3.43. The molecule has 4 nitrogen and oxygen atoms in total. The molecule has 2 aromatic carbocycles. The highest BCUT2D eigenvalue weighted by Crippen LogP contribution is 2.29. The lowest BCUT2D eigenvalue weighted by atomic mass is 10.1. The van der Waals surface area contributed by atoms with E-state index in [1.54, 1.807) is 0 Å². The van der Waals surface area contributed by atoms with Gasteiger partial charge in [0.05, 0.1) is 13.2 Å². The van der Waals surface area contributed by atoms with Gasteiger partial charge in [-0.25, -0.2) is 0 Å². The molecule has 0 heterocycles. The second kappa shape index (κ2) is 11.0. The van der Waals surface area contributed by atoms with Gasteiger partial charge in [0.15, 0.2) is 11.5 Å². The van der Waals surface area contributed by atoms with Crippen molar-refractivity contribution in [2.24, 2.45) is 0 Å². The van der Waals surface area contributed by atoms with Crippen LogP contribution >= 0.6 is 15.9 Å². The quantitative estimate of drug-likeness (QED) is 0.473. The summed E-state index contributed by atoms with van der Waals surface area (Å²) in [5.74, 6) is 1.51. The molecule has 0 radical (unpaired) electrons. The van der Waals surface area contributed by atoms with E-state index in [2.05, 4.69) is 28.2 Å². The molecule has 1 amide bonds. The average Bonchev–Trinajstić information content (AvgIpc) is 2.64. The maximum Gasteiger partial charge on any atom is 0.224 e. The minimum absolute atomic E-state index is 0.00153. The van der Waals surface area contributed by atoms with Crippen LogP contribution in [0.5, 0.6) is 11.5 Å². The van der Waals surface area contributed by atoms with E-state index in [-0.39, 0.29) is 5.91 Å². The molecule has 0 aliphatic carbocycles. The molecule has 0 spiro atoms. The van der Waals surface area contributed by atoms with Crippen molar-refractivity contribution in [1.82, 2.24) is 0 Å². The zero-order valence-corrected chi connectivity index (χ0v) is 17.9. The lowest BCUT2D eigenvalue weighted by Gasteiger charge is -2.13. The van der Waals surface area contributed by atoms with Gasteiger partial charge in [0.25, 0.3) is 0 Å². The third-order valence-corrected chi connectivity index (χ3v) is 4.66. The normalized spacial score (nSPS) is 10.5. The summed E-state index contributed by atoms with van der Waals surface area (Å²) in [5, 5.41) is 2.98. The number of unbranched alkanes of at least 4 members (excludes halogenated alkanes) is 1. The van der Waals surface area contributed by atoms with E-state index in [4.69, 9.17) is 9.47 Å². The predicted octanol–water partition coefficient (Wildman–Crippen LogP) is 5.91. The van der Waals surface area contributed by atoms with Crippen LogP contribution in [0, 0.1) is 6.92 Å². The fraction of sp³-hybridized carbons (Fsp3) is 0.409. The first-order valence-electron chi connectivity index (χ1n) is 9.48. The van der Waals surface area contributed by atoms with Crippen LogP contribution < -0.4 is 14.8 Å². The van der Waals surface area contributed by atoms with Gasteiger partial charge in [0.1, 0.15) is 0 Å². The maximum absolute atomic E-state index is 12.3. The van der Waals surface area contributed by atoms with Crippen LogP contribution in [0.15, 0.2) is 40.9 Å². The lowest BCUT2D eigenvalue weighted by molar-refractivity contribution is -0.116. The number of nitrogens with one attached hydrogen (secondary N) is 1. The number of halogens is 1. The Hall–Kier alpha value is -2.01. The van der Waals surface area contributed by atoms with Crippen LogP contribution in [0.4, 0.5) is 5.69 Å². The third-order valence-electron chi connectivity index (χ3n) is 4.17. The Balaban J connectivity index is 1.95. The van der Waals surface area contributed by atoms with Crippen molar-refractivity contribution in [3.8, 4) is 11.5 Å². The predicted molar refractivity (Wildman–Crippen MR) is 114 cm³/mol. The molecule has 5 heteroatoms. The van der Waals surface area contributed by atoms with E-state index in [0.717, 1.165) is 45.6 Å². The van der Waals surface area contributed by atoms with Crippen molar-refractivity contribution in [3.05, 3.63) is 52.0 Å². The van der Waals surface area contributed by atoms with Gasteiger partial charge in [-0.3, -0.25) is 4.79 Å². The average molecular weight is 434 g/mol. The molecule has 2 aromatic rings. The van der Waals surface area contributed by atoms with Gasteiger partial charge < -0.3 is 14.8 Å². The Bertz CT molecular complexity index is 761. The van der Waals surface area contributed by atoms with Crippen molar-refractivity contribution >= 4 is 27.5 Å². The van der Waals surface area contributed by atoms with Crippen molar-refractivity contribution in [2.75, 3.05) is 18.5 Å². The van der Waals surface area contributed by atoms with Gasteiger partial charge in [-0.15, -0.1) is 0 Å². The first kappa shape index (κ1) is 21.3. The zero-order valence-electron chi connectivity index (χ0n) is 16.3. The van der Waals surface area contributed by atoms with Crippen molar-refractivity contribution in [2.45, 2.75) is 46.5 Å². The topological polar surface area (TPSA) is 47.6 Å². The van der Waals surface area contributed by atoms with Gasteiger partial charge in [-0.2, -0.15) is 0 Å². The number of hydrogen-bond donors (Lipinski definition) is 1. The van der Waals surface area contributed by atoms with E-state index < -0.39 is 0 Å². The second-order valence-electron chi connectivity index (χ2n) is 6.42. The molecule has 0 fully saturated rings. The van der Waals surface area contributed by atoms with Gasteiger partial charge in [-0.1, -0.05) is 35.3 Å². The fourth-order valence-electron chi connectivity index (χ4n) is 2.66. The third kappa shape index (κ3) is 6.90. The number of aryl methyl sites for hydroxylation is 2. The minimum Gasteiger partial charge on any atom is -0.490 e. The molecule has 27 heavy (non-hydrogen) atoms. The van der Waals surface area contributed by atoms with Crippen molar-refractivity contribution < 1.29 is 14.3 Å². The summed E-state index contributed by atoms with van der Waals surface area (Å²) in [4.78, 5) is 12.3. The van der Waals surface area contributed by atoms with E-state index in [1.165, 1.54) is 0 Å². The SMILES string of the molecule is CCCCOc1ccc(CCC(=O)Nc2ccc(Br)cc2C)cc1OCC. The molecule has 0 aliphatic rings. The first-order chi connectivity index (χ1) is 13.0. The highest BCUT2D eigenvalue weighted by atomic mass is 79.9. The number of carbonyl (C=O) groups excluding carboxylic acids is 1. The van der Waals surface area contributed by atoms with Crippen molar-refractivity contribution in [1.29, 1.82) is 0 Å². The molecule has 0 aromatic heterocycles. The molecular formula is C22H28BrNO3. The molecule has 0 bridgehead atoms. The second-order valence-corrected chi connectivity index (χ2v) is 7.34. The largest absolute Gasteiger partial charge is 0.490 e.